The first-order valence-electron chi connectivity index (χ1n) is 5.65. The minimum Gasteiger partial charge on any atom is -0.353 e. The van der Waals surface area contributed by atoms with Gasteiger partial charge in [-0.3, -0.25) is 4.79 Å². The van der Waals surface area contributed by atoms with Gasteiger partial charge in [-0.25, -0.2) is 0 Å². The van der Waals surface area contributed by atoms with Crippen molar-refractivity contribution in [2.75, 3.05) is 5.88 Å². The fourth-order valence-electron chi connectivity index (χ4n) is 2.92. The van der Waals surface area contributed by atoms with Crippen LogP contribution in [0.25, 0.3) is 0 Å². The van der Waals surface area contributed by atoms with Gasteiger partial charge in [0.15, 0.2) is 0 Å². The maximum Gasteiger partial charge on any atom is 0.221 e. The molecule has 3 rings (SSSR count). The van der Waals surface area contributed by atoms with Crippen molar-refractivity contribution in [2.24, 2.45) is 11.8 Å². The maximum absolute atomic E-state index is 11.4. The van der Waals surface area contributed by atoms with Gasteiger partial charge in [0.1, 0.15) is 0 Å². The van der Waals surface area contributed by atoms with Crippen molar-refractivity contribution < 1.29 is 4.79 Å². The molecule has 1 unspecified atom stereocenters. The van der Waals surface area contributed by atoms with E-state index < -0.39 is 0 Å². The van der Waals surface area contributed by atoms with E-state index in [0.29, 0.717) is 18.3 Å². The smallest absolute Gasteiger partial charge is 0.221 e. The van der Waals surface area contributed by atoms with Crippen LogP contribution in [-0.2, 0) is 4.79 Å². The normalized spacial score (nSPS) is 35.6. The lowest BCUT2D eigenvalue weighted by Crippen LogP contribution is -2.47. The van der Waals surface area contributed by atoms with Crippen LogP contribution in [0.1, 0.15) is 38.5 Å². The van der Waals surface area contributed by atoms with Crippen molar-refractivity contribution >= 4 is 17.5 Å². The molecule has 80 valence electrons. The van der Waals surface area contributed by atoms with Crippen molar-refractivity contribution in [3.05, 3.63) is 0 Å². The molecule has 0 aromatic carbocycles. The first-order chi connectivity index (χ1) is 6.79. The van der Waals surface area contributed by atoms with E-state index in [9.17, 15) is 4.79 Å². The van der Waals surface area contributed by atoms with E-state index in [1.54, 1.807) is 0 Å². The van der Waals surface area contributed by atoms with Gasteiger partial charge in [0.05, 0.1) is 0 Å². The molecule has 0 aliphatic heterocycles. The SMILES string of the molecule is O=C(CCCl)NC1CC2CCC1CC2. The fourth-order valence-corrected chi connectivity index (χ4v) is 3.09. The summed E-state index contributed by atoms with van der Waals surface area (Å²) in [6, 6.07) is 0.457. The summed E-state index contributed by atoms with van der Waals surface area (Å²) < 4.78 is 0. The summed E-state index contributed by atoms with van der Waals surface area (Å²) in [7, 11) is 0. The van der Waals surface area contributed by atoms with Crippen molar-refractivity contribution in [3.63, 3.8) is 0 Å². The molecule has 0 heterocycles. The molecular formula is C11H18ClNO. The van der Waals surface area contributed by atoms with Gasteiger partial charge in [-0.1, -0.05) is 12.8 Å². The van der Waals surface area contributed by atoms with E-state index in [0.717, 1.165) is 11.8 Å². The quantitative estimate of drug-likeness (QED) is 0.720. The molecule has 0 radical (unpaired) electrons. The molecule has 3 heteroatoms. The summed E-state index contributed by atoms with van der Waals surface area (Å²) in [6.07, 6.45) is 7.07. The van der Waals surface area contributed by atoms with E-state index in [2.05, 4.69) is 5.32 Å². The second kappa shape index (κ2) is 4.52. The molecule has 3 aliphatic rings. The van der Waals surface area contributed by atoms with Gasteiger partial charge in [-0.15, -0.1) is 11.6 Å². The standard InChI is InChI=1S/C11H18ClNO/c12-6-5-11(14)13-10-7-8-1-3-9(10)4-2-8/h8-10H,1-7H2,(H,13,14). The van der Waals surface area contributed by atoms with Crippen LogP contribution in [0.3, 0.4) is 0 Å². The first kappa shape index (κ1) is 10.3. The van der Waals surface area contributed by atoms with Crippen LogP contribution >= 0.6 is 11.6 Å². The summed E-state index contributed by atoms with van der Waals surface area (Å²) in [5.74, 6) is 2.20. The lowest BCUT2D eigenvalue weighted by molar-refractivity contribution is -0.122. The van der Waals surface area contributed by atoms with Crippen LogP contribution in [0.2, 0.25) is 0 Å². The Morgan fingerprint density at radius 1 is 1.29 bits per heavy atom. The number of nitrogens with one attached hydrogen (secondary N) is 1. The molecule has 1 amide bonds. The first-order valence-corrected chi connectivity index (χ1v) is 6.18. The van der Waals surface area contributed by atoms with Gasteiger partial charge in [0, 0.05) is 18.3 Å². The minimum atomic E-state index is 0.137. The molecule has 1 atom stereocenters. The number of fused-ring (bicyclic) bond motifs is 3. The number of carbonyl (C=O) groups excluding carboxylic acids is 1. The average molecular weight is 216 g/mol. The lowest BCUT2D eigenvalue weighted by Gasteiger charge is -2.42. The zero-order chi connectivity index (χ0) is 9.97. The number of amides is 1. The molecular weight excluding hydrogens is 198 g/mol. The molecule has 3 aliphatic carbocycles. The van der Waals surface area contributed by atoms with Gasteiger partial charge in [0.25, 0.3) is 0 Å². The predicted octanol–water partition coefficient (Wildman–Crippen LogP) is 2.31. The highest BCUT2D eigenvalue weighted by Crippen LogP contribution is 2.41. The highest BCUT2D eigenvalue weighted by atomic mass is 35.5. The van der Waals surface area contributed by atoms with Gasteiger partial charge in [0.2, 0.25) is 5.91 Å². The highest BCUT2D eigenvalue weighted by Gasteiger charge is 2.35. The van der Waals surface area contributed by atoms with E-state index in [1.165, 1.54) is 32.1 Å². The van der Waals surface area contributed by atoms with E-state index in [-0.39, 0.29) is 5.91 Å². The minimum absolute atomic E-state index is 0.137. The predicted molar refractivity (Wildman–Crippen MR) is 57.3 cm³/mol. The Morgan fingerprint density at radius 3 is 2.50 bits per heavy atom. The van der Waals surface area contributed by atoms with Crippen molar-refractivity contribution in [3.8, 4) is 0 Å². The number of hydrogen-bond acceptors (Lipinski definition) is 1. The molecule has 0 aromatic rings. The second-order valence-corrected chi connectivity index (χ2v) is 5.01. The Labute approximate surface area is 90.4 Å². The Bertz CT molecular complexity index is 211. The Balaban J connectivity index is 1.83. The van der Waals surface area contributed by atoms with Crippen molar-refractivity contribution in [1.82, 2.24) is 5.32 Å². The van der Waals surface area contributed by atoms with Crippen LogP contribution in [0, 0.1) is 11.8 Å². The third kappa shape index (κ3) is 2.22. The lowest BCUT2D eigenvalue weighted by atomic mass is 9.68. The number of alkyl halides is 1. The summed E-state index contributed by atoms with van der Waals surface area (Å²) in [4.78, 5) is 11.4. The second-order valence-electron chi connectivity index (χ2n) is 4.63. The largest absolute Gasteiger partial charge is 0.353 e. The zero-order valence-corrected chi connectivity index (χ0v) is 9.22. The van der Waals surface area contributed by atoms with Crippen LogP contribution in [0.4, 0.5) is 0 Å². The van der Waals surface area contributed by atoms with Gasteiger partial charge in [-0.05, 0) is 31.1 Å². The summed E-state index contributed by atoms with van der Waals surface area (Å²) in [5, 5.41) is 3.13. The molecule has 0 saturated heterocycles. The van der Waals surface area contributed by atoms with Gasteiger partial charge < -0.3 is 5.32 Å². The van der Waals surface area contributed by atoms with Gasteiger partial charge in [-0.2, -0.15) is 0 Å². The third-order valence-corrected chi connectivity index (χ3v) is 3.90. The van der Waals surface area contributed by atoms with E-state index >= 15 is 0 Å². The monoisotopic (exact) mass is 215 g/mol. The molecule has 2 nitrogen and oxygen atoms in total. The van der Waals surface area contributed by atoms with Crippen LogP contribution in [-0.4, -0.2) is 17.8 Å². The number of carbonyl (C=O) groups is 1. The highest BCUT2D eigenvalue weighted by molar-refractivity contribution is 6.18. The molecule has 0 aromatic heterocycles. The molecule has 3 saturated carbocycles. The molecule has 0 spiro atoms. The fraction of sp³-hybridized carbons (Fsp3) is 0.909. The zero-order valence-electron chi connectivity index (χ0n) is 8.47. The molecule has 1 N–H and O–H groups in total. The Kier molecular flexibility index (Phi) is 3.32. The Hall–Kier alpha value is -0.240. The number of halogens is 1. The topological polar surface area (TPSA) is 29.1 Å². The van der Waals surface area contributed by atoms with E-state index in [1.807, 2.05) is 0 Å². The average Bonchev–Trinajstić information content (AvgIpc) is 2.19. The van der Waals surface area contributed by atoms with Crippen LogP contribution in [0.15, 0.2) is 0 Å². The number of rotatable bonds is 3. The third-order valence-electron chi connectivity index (χ3n) is 3.72. The number of hydrogen-bond donors (Lipinski definition) is 1. The van der Waals surface area contributed by atoms with Crippen LogP contribution in [0.5, 0.6) is 0 Å². The van der Waals surface area contributed by atoms with Crippen molar-refractivity contribution in [2.45, 2.75) is 44.6 Å². The summed E-state index contributed by atoms with van der Waals surface area (Å²) in [5.41, 5.74) is 0. The maximum atomic E-state index is 11.4. The van der Waals surface area contributed by atoms with Crippen LogP contribution < -0.4 is 5.32 Å². The summed E-state index contributed by atoms with van der Waals surface area (Å²) >= 11 is 5.53. The van der Waals surface area contributed by atoms with Crippen molar-refractivity contribution in [1.29, 1.82) is 0 Å². The molecule has 14 heavy (non-hydrogen) atoms. The Morgan fingerprint density at radius 2 is 2.00 bits per heavy atom. The molecule has 3 fully saturated rings. The summed E-state index contributed by atoms with van der Waals surface area (Å²) in [6.45, 7) is 0. The molecule has 2 bridgehead atoms. The van der Waals surface area contributed by atoms with E-state index in [4.69, 9.17) is 11.6 Å². The van der Waals surface area contributed by atoms with Gasteiger partial charge >= 0.3 is 0 Å².